The molecule has 31 heavy (non-hydrogen) atoms. The minimum Gasteiger partial charge on any atom is -0.480 e. The van der Waals surface area contributed by atoms with E-state index in [1.807, 2.05) is 42.5 Å². The molecule has 3 N–H and O–H groups in total. The molecule has 0 heterocycles. The Morgan fingerprint density at radius 1 is 0.871 bits per heavy atom. The second-order valence-corrected chi connectivity index (χ2v) is 6.83. The van der Waals surface area contributed by atoms with Crippen molar-refractivity contribution in [2.24, 2.45) is 0 Å². The number of amides is 2. The van der Waals surface area contributed by atoms with Crippen molar-refractivity contribution in [2.75, 3.05) is 12.4 Å². The van der Waals surface area contributed by atoms with E-state index >= 15 is 0 Å². The lowest BCUT2D eigenvalue weighted by molar-refractivity contribution is -0.139. The van der Waals surface area contributed by atoms with Crippen LogP contribution in [0.4, 0.5) is 10.5 Å². The number of rotatable bonds is 7. The van der Waals surface area contributed by atoms with Gasteiger partial charge in [-0.2, -0.15) is 0 Å². The quantitative estimate of drug-likeness (QED) is 0.539. The Morgan fingerprint density at radius 2 is 1.45 bits per heavy atom. The molecule has 0 fully saturated rings. The maximum Gasteiger partial charge on any atom is 0.411 e. The molecule has 0 aromatic heterocycles. The average molecular weight is 418 g/mol. The Bertz CT molecular complexity index is 1050. The van der Waals surface area contributed by atoms with E-state index in [0.29, 0.717) is 11.3 Å². The summed E-state index contributed by atoms with van der Waals surface area (Å²) in [5, 5.41) is 14.6. The van der Waals surface area contributed by atoms with E-state index in [1.165, 1.54) is 7.11 Å². The summed E-state index contributed by atoms with van der Waals surface area (Å²) in [5.41, 5.74) is 3.57. The highest BCUT2D eigenvalue weighted by Gasteiger charge is 2.21. The van der Waals surface area contributed by atoms with Crippen LogP contribution in [0, 0.1) is 0 Å². The van der Waals surface area contributed by atoms with Gasteiger partial charge < -0.3 is 15.2 Å². The number of carboxylic acids is 1. The molecule has 0 bridgehead atoms. The van der Waals surface area contributed by atoms with Crippen LogP contribution in [0.3, 0.4) is 0 Å². The predicted octanol–water partition coefficient (Wildman–Crippen LogP) is 3.96. The average Bonchev–Trinajstić information content (AvgIpc) is 2.79. The zero-order chi connectivity index (χ0) is 22.2. The van der Waals surface area contributed by atoms with Gasteiger partial charge in [-0.15, -0.1) is 0 Å². The number of hydrogen-bond acceptors (Lipinski definition) is 4. The summed E-state index contributed by atoms with van der Waals surface area (Å²) < 4.78 is 4.56. The van der Waals surface area contributed by atoms with Gasteiger partial charge in [0.05, 0.1) is 7.11 Å². The van der Waals surface area contributed by atoms with Gasteiger partial charge in [-0.05, 0) is 41.0 Å². The number of ether oxygens (including phenoxy) is 1. The Kier molecular flexibility index (Phi) is 7.01. The van der Waals surface area contributed by atoms with Gasteiger partial charge in [0.1, 0.15) is 6.04 Å². The van der Waals surface area contributed by atoms with Gasteiger partial charge in [-0.3, -0.25) is 10.1 Å². The molecule has 3 rings (SSSR count). The van der Waals surface area contributed by atoms with Crippen molar-refractivity contribution in [3.63, 3.8) is 0 Å². The van der Waals surface area contributed by atoms with Gasteiger partial charge in [-0.1, -0.05) is 54.6 Å². The van der Waals surface area contributed by atoms with Crippen molar-refractivity contribution in [3.05, 3.63) is 90.0 Å². The predicted molar refractivity (Wildman–Crippen MR) is 117 cm³/mol. The lowest BCUT2D eigenvalue weighted by atomic mass is 10.0. The van der Waals surface area contributed by atoms with Crippen LogP contribution in [0.25, 0.3) is 11.1 Å². The maximum atomic E-state index is 12.5. The van der Waals surface area contributed by atoms with Crippen molar-refractivity contribution in [1.29, 1.82) is 0 Å². The third-order valence-corrected chi connectivity index (χ3v) is 4.68. The van der Waals surface area contributed by atoms with Crippen LogP contribution in [0.2, 0.25) is 0 Å². The summed E-state index contributed by atoms with van der Waals surface area (Å²) in [6.45, 7) is 0. The van der Waals surface area contributed by atoms with E-state index in [1.54, 1.807) is 36.4 Å². The van der Waals surface area contributed by atoms with Crippen molar-refractivity contribution in [3.8, 4) is 11.1 Å². The standard InChI is InChI=1S/C24H22N2O5/c1-31-24(30)25-20-13-11-18(12-14-20)17-7-9-19(10-8-17)22(27)26-21(23(28)29)15-16-5-3-2-4-6-16/h2-14,21H,15H2,1H3,(H,25,30)(H,26,27)(H,28,29). The maximum absolute atomic E-state index is 12.5. The van der Waals surface area contributed by atoms with Crippen molar-refractivity contribution >= 4 is 23.7 Å². The zero-order valence-corrected chi connectivity index (χ0v) is 16.9. The van der Waals surface area contributed by atoms with Crippen LogP contribution in [-0.4, -0.2) is 36.2 Å². The topological polar surface area (TPSA) is 105 Å². The Morgan fingerprint density at radius 3 is 2.00 bits per heavy atom. The van der Waals surface area contributed by atoms with Crippen LogP contribution < -0.4 is 10.6 Å². The number of anilines is 1. The summed E-state index contributed by atoms with van der Waals surface area (Å²) in [6.07, 6.45) is -0.346. The fourth-order valence-corrected chi connectivity index (χ4v) is 3.02. The summed E-state index contributed by atoms with van der Waals surface area (Å²) in [6, 6.07) is 22.1. The minimum absolute atomic E-state index is 0.200. The zero-order valence-electron chi connectivity index (χ0n) is 16.9. The van der Waals surface area contributed by atoms with Gasteiger partial charge in [0.25, 0.3) is 5.91 Å². The van der Waals surface area contributed by atoms with Crippen molar-refractivity contribution in [1.82, 2.24) is 5.32 Å². The summed E-state index contributed by atoms with van der Waals surface area (Å²) in [7, 11) is 1.29. The SMILES string of the molecule is COC(=O)Nc1ccc(-c2ccc(C(=O)NC(Cc3ccccc3)C(=O)O)cc2)cc1. The Hall–Kier alpha value is -4.13. The molecule has 3 aromatic carbocycles. The molecule has 0 spiro atoms. The number of methoxy groups -OCH3 is 1. The molecule has 1 atom stereocenters. The molecule has 1 unspecified atom stereocenters. The number of carbonyl (C=O) groups is 3. The molecule has 0 aliphatic carbocycles. The second kappa shape index (κ2) is 10.1. The summed E-state index contributed by atoms with van der Waals surface area (Å²) in [4.78, 5) is 35.4. The molecule has 0 aliphatic heterocycles. The highest BCUT2D eigenvalue weighted by atomic mass is 16.5. The number of nitrogens with one attached hydrogen (secondary N) is 2. The first-order valence-corrected chi connectivity index (χ1v) is 9.59. The first-order chi connectivity index (χ1) is 15.0. The molecule has 2 amide bonds. The van der Waals surface area contributed by atoms with E-state index in [9.17, 15) is 19.5 Å². The molecular formula is C24H22N2O5. The van der Waals surface area contributed by atoms with Gasteiger partial charge >= 0.3 is 12.1 Å². The van der Waals surface area contributed by atoms with Crippen molar-refractivity contribution < 1.29 is 24.2 Å². The van der Waals surface area contributed by atoms with Gasteiger partial charge in [-0.25, -0.2) is 9.59 Å². The lowest BCUT2D eigenvalue weighted by Crippen LogP contribution is -2.42. The molecular weight excluding hydrogens is 396 g/mol. The molecule has 0 saturated carbocycles. The normalized spacial score (nSPS) is 11.3. The molecule has 0 radical (unpaired) electrons. The summed E-state index contributed by atoms with van der Waals surface area (Å²) >= 11 is 0. The highest BCUT2D eigenvalue weighted by molar-refractivity contribution is 5.97. The second-order valence-electron chi connectivity index (χ2n) is 6.83. The van der Waals surface area contributed by atoms with Crippen LogP contribution in [-0.2, 0) is 16.0 Å². The highest BCUT2D eigenvalue weighted by Crippen LogP contribution is 2.22. The number of benzene rings is 3. The Balaban J connectivity index is 1.66. The van der Waals surface area contributed by atoms with Crippen LogP contribution in [0.1, 0.15) is 15.9 Å². The summed E-state index contributed by atoms with van der Waals surface area (Å²) in [5.74, 6) is -1.54. The number of hydrogen-bond donors (Lipinski definition) is 3. The third-order valence-electron chi connectivity index (χ3n) is 4.68. The largest absolute Gasteiger partial charge is 0.480 e. The Labute approximate surface area is 179 Å². The molecule has 0 aliphatic rings. The van der Waals surface area contributed by atoms with Crippen LogP contribution in [0.5, 0.6) is 0 Å². The van der Waals surface area contributed by atoms with Gasteiger partial charge in [0.2, 0.25) is 0 Å². The molecule has 3 aromatic rings. The molecule has 7 nitrogen and oxygen atoms in total. The first-order valence-electron chi connectivity index (χ1n) is 9.59. The van der Waals surface area contributed by atoms with Crippen LogP contribution in [0.15, 0.2) is 78.9 Å². The first kappa shape index (κ1) is 21.6. The third kappa shape index (κ3) is 5.93. The smallest absolute Gasteiger partial charge is 0.411 e. The minimum atomic E-state index is -1.09. The van der Waals surface area contributed by atoms with Gasteiger partial charge in [0, 0.05) is 17.7 Å². The molecule has 7 heteroatoms. The monoisotopic (exact) mass is 418 g/mol. The lowest BCUT2D eigenvalue weighted by Gasteiger charge is -2.15. The fourth-order valence-electron chi connectivity index (χ4n) is 3.02. The van der Waals surface area contributed by atoms with E-state index in [4.69, 9.17) is 0 Å². The van der Waals surface area contributed by atoms with E-state index in [2.05, 4.69) is 15.4 Å². The fraction of sp³-hybridized carbons (Fsp3) is 0.125. The van der Waals surface area contributed by atoms with Gasteiger partial charge in [0.15, 0.2) is 0 Å². The van der Waals surface area contributed by atoms with E-state index < -0.39 is 24.0 Å². The number of carbonyl (C=O) groups excluding carboxylic acids is 2. The number of carboxylic acid groups (broad SMARTS) is 1. The van der Waals surface area contributed by atoms with Crippen LogP contribution >= 0.6 is 0 Å². The number of aliphatic carboxylic acids is 1. The molecule has 158 valence electrons. The van der Waals surface area contributed by atoms with Crippen molar-refractivity contribution in [2.45, 2.75) is 12.5 Å². The molecule has 0 saturated heterocycles. The van der Waals surface area contributed by atoms with E-state index in [-0.39, 0.29) is 6.42 Å². The van der Waals surface area contributed by atoms with E-state index in [0.717, 1.165) is 16.7 Å².